The second-order valence-corrected chi connectivity index (χ2v) is 5.15. The third kappa shape index (κ3) is 2.89. The van der Waals surface area contributed by atoms with Crippen molar-refractivity contribution < 1.29 is 4.42 Å². The highest BCUT2D eigenvalue weighted by Gasteiger charge is 2.14. The van der Waals surface area contributed by atoms with Gasteiger partial charge in [-0.2, -0.15) is 0 Å². The molecule has 2 aromatic heterocycles. The molecule has 0 bridgehead atoms. The monoisotopic (exact) mass is 273 g/mol. The minimum absolute atomic E-state index is 0.458. The fourth-order valence-corrected chi connectivity index (χ4v) is 2.48. The van der Waals surface area contributed by atoms with E-state index in [2.05, 4.69) is 37.5 Å². The van der Waals surface area contributed by atoms with Gasteiger partial charge in [-0.15, -0.1) is 5.10 Å². The van der Waals surface area contributed by atoms with Gasteiger partial charge in [-0.25, -0.2) is 4.98 Å². The Bertz CT molecular complexity index is 589. The Balaban J connectivity index is 1.72. The van der Waals surface area contributed by atoms with Crippen LogP contribution in [0.2, 0.25) is 0 Å². The summed E-state index contributed by atoms with van der Waals surface area (Å²) in [6.45, 7) is 6.67. The van der Waals surface area contributed by atoms with Crippen molar-refractivity contribution in [1.82, 2.24) is 15.2 Å². The van der Waals surface area contributed by atoms with Crippen LogP contribution >= 0.6 is 0 Å². The van der Waals surface area contributed by atoms with Crippen LogP contribution in [0.1, 0.15) is 30.0 Å². The Kier molecular flexibility index (Phi) is 3.54. The van der Waals surface area contributed by atoms with Gasteiger partial charge in [0, 0.05) is 32.3 Å². The van der Waals surface area contributed by atoms with Crippen LogP contribution in [0.15, 0.2) is 16.5 Å². The zero-order valence-electron chi connectivity index (χ0n) is 11.9. The first-order valence-electron chi connectivity index (χ1n) is 6.97. The predicted molar refractivity (Wildman–Crippen MR) is 76.8 cm³/mol. The molecule has 0 unspecified atom stereocenters. The van der Waals surface area contributed by atoms with Crippen molar-refractivity contribution in [2.24, 2.45) is 0 Å². The first-order chi connectivity index (χ1) is 9.70. The van der Waals surface area contributed by atoms with Crippen molar-refractivity contribution in [2.45, 2.75) is 33.2 Å². The molecule has 0 saturated carbocycles. The Morgan fingerprint density at radius 1 is 1.20 bits per heavy atom. The normalized spacial score (nSPS) is 14.8. The molecule has 0 atom stereocenters. The van der Waals surface area contributed by atoms with Gasteiger partial charge in [-0.3, -0.25) is 0 Å². The number of anilines is 2. The third-order valence-electron chi connectivity index (χ3n) is 3.40. The van der Waals surface area contributed by atoms with Crippen LogP contribution in [0.3, 0.4) is 0 Å². The van der Waals surface area contributed by atoms with E-state index in [4.69, 9.17) is 4.42 Å². The van der Waals surface area contributed by atoms with Crippen molar-refractivity contribution >= 4 is 11.8 Å². The summed E-state index contributed by atoms with van der Waals surface area (Å²) >= 11 is 0. The van der Waals surface area contributed by atoms with Gasteiger partial charge in [-0.1, -0.05) is 5.10 Å². The maximum Gasteiger partial charge on any atom is 0.315 e. The van der Waals surface area contributed by atoms with E-state index in [9.17, 15) is 0 Å². The Hall–Kier alpha value is -2.11. The molecule has 2 aromatic rings. The lowest BCUT2D eigenvalue weighted by Gasteiger charge is -2.18. The minimum Gasteiger partial charge on any atom is -0.408 e. The van der Waals surface area contributed by atoms with Crippen molar-refractivity contribution in [3.05, 3.63) is 29.3 Å². The first-order valence-corrected chi connectivity index (χ1v) is 6.97. The summed E-state index contributed by atoms with van der Waals surface area (Å²) in [6.07, 6.45) is 2.51. The summed E-state index contributed by atoms with van der Waals surface area (Å²) in [5.74, 6) is 1.64. The largest absolute Gasteiger partial charge is 0.408 e. The first kappa shape index (κ1) is 12.9. The second-order valence-electron chi connectivity index (χ2n) is 5.15. The predicted octanol–water partition coefficient (Wildman–Crippen LogP) is 2.29. The van der Waals surface area contributed by atoms with Crippen LogP contribution in [0.25, 0.3) is 0 Å². The fourth-order valence-electron chi connectivity index (χ4n) is 2.48. The van der Waals surface area contributed by atoms with E-state index in [1.165, 1.54) is 18.4 Å². The smallest absolute Gasteiger partial charge is 0.315 e. The zero-order valence-corrected chi connectivity index (χ0v) is 11.9. The summed E-state index contributed by atoms with van der Waals surface area (Å²) in [5, 5.41) is 10.9. The average Bonchev–Trinajstić information content (AvgIpc) is 3.07. The summed E-state index contributed by atoms with van der Waals surface area (Å²) in [4.78, 5) is 6.96. The molecular formula is C14H19N5O. The maximum atomic E-state index is 5.31. The average molecular weight is 273 g/mol. The van der Waals surface area contributed by atoms with E-state index in [1.54, 1.807) is 6.92 Å². The molecule has 6 heteroatoms. The van der Waals surface area contributed by atoms with Crippen molar-refractivity contribution in [3.8, 4) is 0 Å². The topological polar surface area (TPSA) is 67.1 Å². The third-order valence-corrected chi connectivity index (χ3v) is 3.40. The van der Waals surface area contributed by atoms with Crippen LogP contribution in [-0.2, 0) is 6.54 Å². The molecule has 20 heavy (non-hydrogen) atoms. The Labute approximate surface area is 118 Å². The minimum atomic E-state index is 0.458. The highest BCUT2D eigenvalue weighted by molar-refractivity contribution is 5.44. The van der Waals surface area contributed by atoms with E-state index in [0.29, 0.717) is 18.5 Å². The summed E-state index contributed by atoms with van der Waals surface area (Å²) in [6, 6.07) is 4.67. The zero-order chi connectivity index (χ0) is 13.9. The number of nitrogens with zero attached hydrogens (tertiary/aromatic N) is 4. The fraction of sp³-hybridized carbons (Fsp3) is 0.500. The molecule has 0 spiro atoms. The van der Waals surface area contributed by atoms with Gasteiger partial charge in [0.1, 0.15) is 5.82 Å². The SMILES string of the molecule is Cc1cc(CNc2nnc(C)o2)cc(N2CCCC2)n1. The molecule has 0 aromatic carbocycles. The van der Waals surface area contributed by atoms with Gasteiger partial charge in [0.05, 0.1) is 0 Å². The van der Waals surface area contributed by atoms with Gasteiger partial charge in [0.15, 0.2) is 0 Å². The van der Waals surface area contributed by atoms with Crippen LogP contribution in [0.4, 0.5) is 11.8 Å². The van der Waals surface area contributed by atoms with Crippen molar-refractivity contribution in [2.75, 3.05) is 23.3 Å². The van der Waals surface area contributed by atoms with Crippen LogP contribution in [0.5, 0.6) is 0 Å². The van der Waals surface area contributed by atoms with Gasteiger partial charge >= 0.3 is 6.01 Å². The molecule has 1 aliphatic rings. The molecule has 1 saturated heterocycles. The summed E-state index contributed by atoms with van der Waals surface area (Å²) in [7, 11) is 0. The number of nitrogens with one attached hydrogen (secondary N) is 1. The molecule has 0 amide bonds. The maximum absolute atomic E-state index is 5.31. The molecule has 3 heterocycles. The number of hydrogen-bond donors (Lipinski definition) is 1. The molecule has 1 N–H and O–H groups in total. The van der Waals surface area contributed by atoms with E-state index in [-0.39, 0.29) is 0 Å². The lowest BCUT2D eigenvalue weighted by Crippen LogP contribution is -2.19. The molecule has 1 fully saturated rings. The molecule has 1 aliphatic heterocycles. The number of hydrogen-bond acceptors (Lipinski definition) is 6. The van der Waals surface area contributed by atoms with Crippen molar-refractivity contribution in [3.63, 3.8) is 0 Å². The van der Waals surface area contributed by atoms with Crippen LogP contribution in [-0.4, -0.2) is 28.3 Å². The number of aromatic nitrogens is 3. The van der Waals surface area contributed by atoms with Gasteiger partial charge in [0.25, 0.3) is 0 Å². The number of aryl methyl sites for hydroxylation is 2. The molecule has 0 aliphatic carbocycles. The standard InChI is InChI=1S/C14H19N5O/c1-10-7-12(9-15-14-18-17-11(2)20-14)8-13(16-10)19-5-3-4-6-19/h7-8H,3-6,9H2,1-2H3,(H,15,18). The van der Waals surface area contributed by atoms with Crippen LogP contribution in [0, 0.1) is 13.8 Å². The van der Waals surface area contributed by atoms with Crippen LogP contribution < -0.4 is 10.2 Å². The number of rotatable bonds is 4. The van der Waals surface area contributed by atoms with E-state index in [1.807, 2.05) is 6.92 Å². The number of pyridine rings is 1. The lowest BCUT2D eigenvalue weighted by molar-refractivity contribution is 0.530. The second kappa shape index (κ2) is 5.48. The van der Waals surface area contributed by atoms with E-state index < -0.39 is 0 Å². The van der Waals surface area contributed by atoms with Gasteiger partial charge < -0.3 is 14.6 Å². The highest BCUT2D eigenvalue weighted by Crippen LogP contribution is 2.20. The Morgan fingerprint density at radius 3 is 2.70 bits per heavy atom. The quantitative estimate of drug-likeness (QED) is 0.922. The lowest BCUT2D eigenvalue weighted by atomic mass is 10.2. The summed E-state index contributed by atoms with van der Waals surface area (Å²) < 4.78 is 5.31. The molecule has 106 valence electrons. The van der Waals surface area contributed by atoms with E-state index >= 15 is 0 Å². The molecule has 6 nitrogen and oxygen atoms in total. The van der Waals surface area contributed by atoms with Gasteiger partial charge in [-0.05, 0) is 37.5 Å². The van der Waals surface area contributed by atoms with Gasteiger partial charge in [0.2, 0.25) is 5.89 Å². The Morgan fingerprint density at radius 2 is 2.00 bits per heavy atom. The molecule has 0 radical (unpaired) electrons. The van der Waals surface area contributed by atoms with Crippen molar-refractivity contribution in [1.29, 1.82) is 0 Å². The summed E-state index contributed by atoms with van der Waals surface area (Å²) in [5.41, 5.74) is 2.21. The van der Waals surface area contributed by atoms with E-state index in [0.717, 1.165) is 24.6 Å². The highest BCUT2D eigenvalue weighted by atomic mass is 16.4. The molecular weight excluding hydrogens is 254 g/mol. The molecule has 3 rings (SSSR count).